The Kier molecular flexibility index (Phi) is 8.09. The van der Waals surface area contributed by atoms with E-state index in [1.165, 1.54) is 54.6 Å². The van der Waals surface area contributed by atoms with E-state index in [0.717, 1.165) is 25.3 Å². The van der Waals surface area contributed by atoms with Crippen LogP contribution in [-0.2, 0) is 10.8 Å². The molecular formula is C44H39ClIN. The third kappa shape index (κ3) is 6.03. The van der Waals surface area contributed by atoms with Crippen molar-refractivity contribution >= 4 is 77.5 Å². The smallest absolute Gasteiger partial charge is 0.0540 e. The number of nitrogens with zero attached hydrogens (tertiary/aromatic N) is 1. The molecule has 1 heterocycles. The molecule has 0 radical (unpaired) electrons. The van der Waals surface area contributed by atoms with Gasteiger partial charge in [-0.05, 0) is 114 Å². The second-order valence-corrected chi connectivity index (χ2v) is 16.3. The van der Waals surface area contributed by atoms with Crippen LogP contribution < -0.4 is 0 Å². The number of halogens is 2. The molecule has 7 aromatic rings. The van der Waals surface area contributed by atoms with Crippen LogP contribution in [0.4, 0.5) is 0 Å². The summed E-state index contributed by atoms with van der Waals surface area (Å²) in [5, 5.41) is 7.93. The van der Waals surface area contributed by atoms with Gasteiger partial charge in [-0.15, -0.1) is 0 Å². The Labute approximate surface area is 296 Å². The largest absolute Gasteiger partial charge is 0.309 e. The van der Waals surface area contributed by atoms with Crippen LogP contribution in [0.2, 0.25) is 5.02 Å². The predicted octanol–water partition coefficient (Wildman–Crippen LogP) is 13.7. The van der Waals surface area contributed by atoms with Gasteiger partial charge in [0.15, 0.2) is 0 Å². The number of para-hydroxylation sites is 1. The van der Waals surface area contributed by atoms with Crippen molar-refractivity contribution in [3.63, 3.8) is 0 Å². The number of hydrogen-bond acceptors (Lipinski definition) is 0. The highest BCUT2D eigenvalue weighted by Crippen LogP contribution is 2.38. The van der Waals surface area contributed by atoms with Gasteiger partial charge in [-0.3, -0.25) is 0 Å². The van der Waals surface area contributed by atoms with E-state index >= 15 is 0 Å². The van der Waals surface area contributed by atoms with Gasteiger partial charge < -0.3 is 4.57 Å². The molecule has 1 nitrogen and oxygen atoms in total. The molecule has 3 heteroatoms. The van der Waals surface area contributed by atoms with Crippen molar-refractivity contribution in [2.24, 2.45) is 0 Å². The summed E-state index contributed by atoms with van der Waals surface area (Å²) in [6.07, 6.45) is 0. The van der Waals surface area contributed by atoms with Gasteiger partial charge in [0, 0.05) is 25.1 Å². The highest BCUT2D eigenvalue weighted by molar-refractivity contribution is 14.1. The van der Waals surface area contributed by atoms with E-state index in [1.54, 1.807) is 0 Å². The van der Waals surface area contributed by atoms with E-state index < -0.39 is 0 Å². The van der Waals surface area contributed by atoms with Crippen LogP contribution in [0.3, 0.4) is 0 Å². The van der Waals surface area contributed by atoms with E-state index in [1.807, 2.05) is 6.07 Å². The van der Waals surface area contributed by atoms with Crippen LogP contribution in [-0.4, -0.2) is 4.57 Å². The molecule has 0 saturated carbocycles. The molecule has 7 rings (SSSR count). The number of hydrogen-bond donors (Lipinski definition) is 0. The van der Waals surface area contributed by atoms with Crippen molar-refractivity contribution in [3.8, 4) is 16.8 Å². The summed E-state index contributed by atoms with van der Waals surface area (Å²) in [4.78, 5) is 0. The topological polar surface area (TPSA) is 4.93 Å². The second-order valence-electron chi connectivity index (χ2n) is 14.6. The molecule has 0 aliphatic carbocycles. The summed E-state index contributed by atoms with van der Waals surface area (Å²) >= 11 is 9.14. The molecule has 0 amide bonds. The Balaban J connectivity index is 1.74. The van der Waals surface area contributed by atoms with Gasteiger partial charge in [0.2, 0.25) is 0 Å². The van der Waals surface area contributed by atoms with Crippen molar-refractivity contribution in [3.05, 3.63) is 147 Å². The lowest BCUT2D eigenvalue weighted by atomic mass is 9.79. The zero-order valence-corrected chi connectivity index (χ0v) is 30.7. The molecule has 47 heavy (non-hydrogen) atoms. The van der Waals surface area contributed by atoms with E-state index in [9.17, 15) is 0 Å². The normalized spacial score (nSPS) is 12.3. The number of benzene rings is 6. The van der Waals surface area contributed by atoms with Gasteiger partial charge in [-0.2, -0.15) is 0 Å². The van der Waals surface area contributed by atoms with Gasteiger partial charge in [0.05, 0.1) is 11.0 Å². The zero-order valence-electron chi connectivity index (χ0n) is 27.8. The molecular weight excluding hydrogens is 705 g/mol. The summed E-state index contributed by atoms with van der Waals surface area (Å²) in [5.74, 6) is 0. The molecule has 0 bridgehead atoms. The molecule has 0 aliphatic heterocycles. The van der Waals surface area contributed by atoms with Crippen LogP contribution >= 0.6 is 34.2 Å². The molecule has 0 spiro atoms. The average Bonchev–Trinajstić information content (AvgIpc) is 3.07. The van der Waals surface area contributed by atoms with Crippen LogP contribution in [0.15, 0.2) is 127 Å². The lowest BCUT2D eigenvalue weighted by molar-refractivity contribution is 0.569. The lowest BCUT2D eigenvalue weighted by Crippen LogP contribution is -2.16. The lowest BCUT2D eigenvalue weighted by Gasteiger charge is -2.26. The summed E-state index contributed by atoms with van der Waals surface area (Å²) in [6, 6.07) is 46.9. The molecule has 0 unspecified atom stereocenters. The number of rotatable bonds is 2. The first-order valence-corrected chi connectivity index (χ1v) is 17.7. The van der Waals surface area contributed by atoms with Crippen molar-refractivity contribution in [1.82, 2.24) is 4.57 Å². The fraction of sp³-hybridized carbons (Fsp3) is 0.182. The van der Waals surface area contributed by atoms with Crippen LogP contribution in [0.1, 0.15) is 52.7 Å². The van der Waals surface area contributed by atoms with Crippen molar-refractivity contribution in [2.75, 3.05) is 0 Å². The SMILES string of the molecule is CC(C)(C)c1cc(-c2ccc3c(c2)c2ccccc2c2ccccc2c2ccccc2n3-c2cc(Cl)cc(I)c2)cc(C(C)(C)C)c1. The van der Waals surface area contributed by atoms with Gasteiger partial charge in [-0.1, -0.05) is 144 Å². The van der Waals surface area contributed by atoms with Crippen LogP contribution in [0.5, 0.6) is 0 Å². The third-order valence-electron chi connectivity index (χ3n) is 9.21. The van der Waals surface area contributed by atoms with Gasteiger partial charge >= 0.3 is 0 Å². The first-order valence-electron chi connectivity index (χ1n) is 16.2. The predicted molar refractivity (Wildman–Crippen MR) is 214 cm³/mol. The summed E-state index contributed by atoms with van der Waals surface area (Å²) in [6.45, 7) is 13.8. The maximum absolute atomic E-state index is 6.77. The minimum absolute atomic E-state index is 0.0259. The average molecular weight is 744 g/mol. The second kappa shape index (κ2) is 12.0. The van der Waals surface area contributed by atoms with Gasteiger partial charge in [-0.25, -0.2) is 0 Å². The van der Waals surface area contributed by atoms with Crippen molar-refractivity contribution in [1.29, 1.82) is 0 Å². The Morgan fingerprint density at radius 2 is 0.957 bits per heavy atom. The summed E-state index contributed by atoms with van der Waals surface area (Å²) < 4.78 is 3.49. The third-order valence-corrected chi connectivity index (χ3v) is 10.1. The Bertz CT molecular complexity index is 2350. The number of aromatic nitrogens is 1. The molecule has 0 fully saturated rings. The highest BCUT2D eigenvalue weighted by Gasteiger charge is 2.21. The summed E-state index contributed by atoms with van der Waals surface area (Å²) in [7, 11) is 0. The first-order chi connectivity index (χ1) is 22.4. The fourth-order valence-corrected chi connectivity index (χ4v) is 7.73. The molecule has 0 aliphatic rings. The van der Waals surface area contributed by atoms with Crippen molar-refractivity contribution < 1.29 is 0 Å². The number of fused-ring (bicyclic) bond motifs is 7. The zero-order chi connectivity index (χ0) is 33.1. The van der Waals surface area contributed by atoms with E-state index in [-0.39, 0.29) is 10.8 Å². The van der Waals surface area contributed by atoms with E-state index in [0.29, 0.717) is 0 Å². The van der Waals surface area contributed by atoms with Crippen molar-refractivity contribution in [2.45, 2.75) is 52.4 Å². The molecule has 0 saturated heterocycles. The Morgan fingerprint density at radius 3 is 1.51 bits per heavy atom. The fourth-order valence-electron chi connectivity index (χ4n) is 6.67. The summed E-state index contributed by atoms with van der Waals surface area (Å²) in [5.41, 5.74) is 8.46. The Hall–Kier alpha value is -3.86. The van der Waals surface area contributed by atoms with E-state index in [2.05, 4.69) is 190 Å². The van der Waals surface area contributed by atoms with E-state index in [4.69, 9.17) is 11.6 Å². The molecule has 234 valence electrons. The minimum Gasteiger partial charge on any atom is -0.309 e. The monoisotopic (exact) mass is 743 g/mol. The minimum atomic E-state index is 0.0259. The Morgan fingerprint density at radius 1 is 0.468 bits per heavy atom. The maximum Gasteiger partial charge on any atom is 0.0540 e. The molecule has 0 atom stereocenters. The highest BCUT2D eigenvalue weighted by atomic mass is 127. The van der Waals surface area contributed by atoms with Crippen LogP contribution in [0.25, 0.3) is 60.2 Å². The molecule has 0 N–H and O–H groups in total. The van der Waals surface area contributed by atoms with Gasteiger partial charge in [0.25, 0.3) is 0 Å². The quantitative estimate of drug-likeness (QED) is 0.155. The first kappa shape index (κ1) is 31.7. The van der Waals surface area contributed by atoms with Gasteiger partial charge in [0.1, 0.15) is 0 Å². The standard InChI is InChI=1S/C44H39ClIN/c1-43(2,3)30-21-29(22-31(24-30)44(4,5)6)28-19-20-42-40(23-28)38-16-10-8-14-36(38)35-13-7-9-15-37(35)39-17-11-12-18-41(39)47(42)34-26-32(45)25-33(46)27-34/h7-27H,1-6H3. The maximum atomic E-state index is 6.77. The van der Waals surface area contributed by atoms with Crippen LogP contribution in [0, 0.1) is 3.57 Å². The molecule has 6 aromatic carbocycles. The molecule has 1 aromatic heterocycles.